The van der Waals surface area contributed by atoms with E-state index in [9.17, 15) is 0 Å². The standard InChI is InChI=1S/C14H21ClN2/c1-12-4-5-13(10-14(12)15)11-16-6-9-17-7-2-3-8-17/h4-5,10,16H,2-3,6-9,11H2,1H3. The van der Waals surface area contributed by atoms with E-state index in [2.05, 4.69) is 28.4 Å². The Kier molecular flexibility index (Phi) is 4.84. The Hall–Kier alpha value is -0.570. The zero-order chi connectivity index (χ0) is 12.1. The van der Waals surface area contributed by atoms with Gasteiger partial charge >= 0.3 is 0 Å². The minimum Gasteiger partial charge on any atom is -0.311 e. The van der Waals surface area contributed by atoms with Crippen molar-refractivity contribution in [2.45, 2.75) is 26.3 Å². The molecule has 1 aliphatic rings. The van der Waals surface area contributed by atoms with Gasteiger partial charge in [0.05, 0.1) is 0 Å². The van der Waals surface area contributed by atoms with Crippen molar-refractivity contribution in [1.82, 2.24) is 10.2 Å². The summed E-state index contributed by atoms with van der Waals surface area (Å²) in [6, 6.07) is 6.28. The molecule has 0 bridgehead atoms. The molecule has 94 valence electrons. The molecule has 2 rings (SSSR count). The van der Waals surface area contributed by atoms with Crippen LogP contribution in [-0.2, 0) is 6.54 Å². The average molecular weight is 253 g/mol. The van der Waals surface area contributed by atoms with Gasteiger partial charge < -0.3 is 10.2 Å². The Morgan fingerprint density at radius 3 is 2.76 bits per heavy atom. The lowest BCUT2D eigenvalue weighted by molar-refractivity contribution is 0.335. The van der Waals surface area contributed by atoms with E-state index in [1.165, 1.54) is 38.0 Å². The molecule has 0 unspecified atom stereocenters. The summed E-state index contributed by atoms with van der Waals surface area (Å²) in [4.78, 5) is 2.52. The smallest absolute Gasteiger partial charge is 0.0438 e. The summed E-state index contributed by atoms with van der Waals surface area (Å²) < 4.78 is 0. The summed E-state index contributed by atoms with van der Waals surface area (Å²) in [6.07, 6.45) is 2.74. The predicted octanol–water partition coefficient (Wildman–Crippen LogP) is 2.83. The first-order valence-corrected chi connectivity index (χ1v) is 6.81. The highest BCUT2D eigenvalue weighted by molar-refractivity contribution is 6.31. The SMILES string of the molecule is Cc1ccc(CNCCN2CCCC2)cc1Cl. The highest BCUT2D eigenvalue weighted by Crippen LogP contribution is 2.16. The van der Waals surface area contributed by atoms with Gasteiger partial charge in [0.15, 0.2) is 0 Å². The fraction of sp³-hybridized carbons (Fsp3) is 0.571. The third kappa shape index (κ3) is 3.98. The second-order valence-electron chi connectivity index (χ2n) is 4.81. The van der Waals surface area contributed by atoms with Gasteiger partial charge in [0.2, 0.25) is 0 Å². The third-order valence-electron chi connectivity index (χ3n) is 3.37. The maximum Gasteiger partial charge on any atom is 0.0438 e. The van der Waals surface area contributed by atoms with Crippen LogP contribution < -0.4 is 5.32 Å². The summed E-state index contributed by atoms with van der Waals surface area (Å²) >= 11 is 6.09. The Morgan fingerprint density at radius 2 is 2.06 bits per heavy atom. The van der Waals surface area contributed by atoms with Crippen molar-refractivity contribution in [3.05, 3.63) is 34.3 Å². The fourth-order valence-corrected chi connectivity index (χ4v) is 2.43. The van der Waals surface area contributed by atoms with Crippen molar-refractivity contribution in [2.24, 2.45) is 0 Å². The van der Waals surface area contributed by atoms with Crippen molar-refractivity contribution < 1.29 is 0 Å². The first kappa shape index (κ1) is 12.9. The summed E-state index contributed by atoms with van der Waals surface area (Å²) in [5.41, 5.74) is 2.41. The van der Waals surface area contributed by atoms with Gasteiger partial charge in [-0.2, -0.15) is 0 Å². The lowest BCUT2D eigenvalue weighted by Gasteiger charge is -2.14. The molecule has 17 heavy (non-hydrogen) atoms. The fourth-order valence-electron chi connectivity index (χ4n) is 2.22. The first-order chi connectivity index (χ1) is 8.25. The molecule has 0 radical (unpaired) electrons. The summed E-state index contributed by atoms with van der Waals surface area (Å²) in [5.74, 6) is 0. The van der Waals surface area contributed by atoms with Gasteiger partial charge in [0.25, 0.3) is 0 Å². The van der Waals surface area contributed by atoms with Crippen LogP contribution in [0.25, 0.3) is 0 Å². The Bertz CT molecular complexity index is 359. The number of halogens is 1. The van der Waals surface area contributed by atoms with Crippen LogP contribution in [0.2, 0.25) is 5.02 Å². The van der Waals surface area contributed by atoms with Gasteiger partial charge in [-0.25, -0.2) is 0 Å². The van der Waals surface area contributed by atoms with Crippen molar-refractivity contribution in [1.29, 1.82) is 0 Å². The van der Waals surface area contributed by atoms with Gasteiger partial charge in [-0.3, -0.25) is 0 Å². The monoisotopic (exact) mass is 252 g/mol. The van der Waals surface area contributed by atoms with Gasteiger partial charge in [0.1, 0.15) is 0 Å². The van der Waals surface area contributed by atoms with Crippen LogP contribution in [0.1, 0.15) is 24.0 Å². The average Bonchev–Trinajstić information content (AvgIpc) is 2.82. The van der Waals surface area contributed by atoms with E-state index in [0.29, 0.717) is 0 Å². The number of hydrogen-bond donors (Lipinski definition) is 1. The maximum atomic E-state index is 6.09. The van der Waals surface area contributed by atoms with Crippen molar-refractivity contribution in [3.63, 3.8) is 0 Å². The van der Waals surface area contributed by atoms with Crippen LogP contribution in [0, 0.1) is 6.92 Å². The number of nitrogens with one attached hydrogen (secondary N) is 1. The van der Waals surface area contributed by atoms with Gasteiger partial charge in [0, 0.05) is 24.7 Å². The first-order valence-electron chi connectivity index (χ1n) is 6.44. The maximum absolute atomic E-state index is 6.09. The topological polar surface area (TPSA) is 15.3 Å². The lowest BCUT2D eigenvalue weighted by Crippen LogP contribution is -2.29. The molecule has 2 nitrogen and oxygen atoms in total. The van der Waals surface area contributed by atoms with Crippen LogP contribution in [-0.4, -0.2) is 31.1 Å². The van der Waals surface area contributed by atoms with Crippen LogP contribution in [0.4, 0.5) is 0 Å². The van der Waals surface area contributed by atoms with E-state index in [1.54, 1.807) is 0 Å². The minimum atomic E-state index is 0.865. The Morgan fingerprint density at radius 1 is 1.29 bits per heavy atom. The highest BCUT2D eigenvalue weighted by atomic mass is 35.5. The molecule has 1 N–H and O–H groups in total. The molecular weight excluding hydrogens is 232 g/mol. The van der Waals surface area contributed by atoms with Crippen LogP contribution in [0.3, 0.4) is 0 Å². The van der Waals surface area contributed by atoms with E-state index < -0.39 is 0 Å². The molecule has 1 aliphatic heterocycles. The van der Waals surface area contributed by atoms with Crippen LogP contribution in [0.15, 0.2) is 18.2 Å². The van der Waals surface area contributed by atoms with E-state index in [1.807, 2.05) is 6.92 Å². The largest absolute Gasteiger partial charge is 0.311 e. The highest BCUT2D eigenvalue weighted by Gasteiger charge is 2.09. The molecule has 1 heterocycles. The normalized spacial score (nSPS) is 16.6. The van der Waals surface area contributed by atoms with Gasteiger partial charge in [-0.1, -0.05) is 23.7 Å². The number of rotatable bonds is 5. The predicted molar refractivity (Wildman–Crippen MR) is 73.6 cm³/mol. The Balaban J connectivity index is 1.68. The number of nitrogens with zero attached hydrogens (tertiary/aromatic N) is 1. The second kappa shape index (κ2) is 6.39. The zero-order valence-corrected chi connectivity index (χ0v) is 11.3. The summed E-state index contributed by atoms with van der Waals surface area (Å²) in [5, 5.41) is 4.34. The van der Waals surface area contributed by atoms with Crippen LogP contribution >= 0.6 is 11.6 Å². The second-order valence-corrected chi connectivity index (χ2v) is 5.22. The minimum absolute atomic E-state index is 0.865. The molecule has 0 aromatic heterocycles. The number of likely N-dealkylation sites (tertiary alicyclic amines) is 1. The molecule has 1 fully saturated rings. The van der Waals surface area contributed by atoms with E-state index in [-0.39, 0.29) is 0 Å². The number of hydrogen-bond acceptors (Lipinski definition) is 2. The molecule has 0 spiro atoms. The van der Waals surface area contributed by atoms with Gasteiger partial charge in [-0.15, -0.1) is 0 Å². The third-order valence-corrected chi connectivity index (χ3v) is 3.78. The molecule has 0 atom stereocenters. The summed E-state index contributed by atoms with van der Waals surface area (Å²) in [7, 11) is 0. The van der Waals surface area contributed by atoms with Crippen molar-refractivity contribution >= 4 is 11.6 Å². The van der Waals surface area contributed by atoms with E-state index >= 15 is 0 Å². The zero-order valence-electron chi connectivity index (χ0n) is 10.5. The van der Waals surface area contributed by atoms with Gasteiger partial charge in [-0.05, 0) is 50.0 Å². The molecular formula is C14H21ClN2. The molecule has 0 aliphatic carbocycles. The van der Waals surface area contributed by atoms with Crippen LogP contribution in [0.5, 0.6) is 0 Å². The molecule has 1 aromatic carbocycles. The number of benzene rings is 1. The lowest BCUT2D eigenvalue weighted by atomic mass is 10.1. The van der Waals surface area contributed by atoms with E-state index in [4.69, 9.17) is 11.6 Å². The Labute approximate surface area is 109 Å². The molecule has 3 heteroatoms. The molecule has 1 saturated heterocycles. The van der Waals surface area contributed by atoms with Crippen molar-refractivity contribution in [3.8, 4) is 0 Å². The molecule has 1 aromatic rings. The summed E-state index contributed by atoms with van der Waals surface area (Å²) in [6.45, 7) is 7.72. The van der Waals surface area contributed by atoms with E-state index in [0.717, 1.165) is 23.7 Å². The molecule has 0 amide bonds. The molecule has 0 saturated carbocycles. The van der Waals surface area contributed by atoms with Crippen molar-refractivity contribution in [2.75, 3.05) is 26.2 Å². The quantitative estimate of drug-likeness (QED) is 0.811. The number of aryl methyl sites for hydroxylation is 1.